The third kappa shape index (κ3) is 3.07. The quantitative estimate of drug-likeness (QED) is 0.679. The highest BCUT2D eigenvalue weighted by molar-refractivity contribution is 6.31. The van der Waals surface area contributed by atoms with Crippen LogP contribution in [0.2, 0.25) is 5.02 Å². The van der Waals surface area contributed by atoms with Gasteiger partial charge in [0.05, 0.1) is 0 Å². The highest BCUT2D eigenvalue weighted by atomic mass is 35.5. The molecule has 0 aliphatic carbocycles. The number of benzene rings is 2. The van der Waals surface area contributed by atoms with Crippen molar-refractivity contribution in [2.75, 3.05) is 12.1 Å². The summed E-state index contributed by atoms with van der Waals surface area (Å²) in [5.41, 5.74) is 2.40. The van der Waals surface area contributed by atoms with Gasteiger partial charge in [-0.05, 0) is 48.9 Å². The minimum Gasteiger partial charge on any atom is -0.454 e. The van der Waals surface area contributed by atoms with Gasteiger partial charge in [0.25, 0.3) is 0 Å². The molecule has 1 aliphatic heterocycles. The third-order valence-electron chi connectivity index (χ3n) is 3.30. The summed E-state index contributed by atoms with van der Waals surface area (Å²) < 4.78 is 10.5. The number of rotatable bonds is 4. The number of ketones is 1. The molecule has 0 atom stereocenters. The molecular weight excluding hydrogens is 302 g/mol. The number of carbonyl (C=O) groups is 1. The van der Waals surface area contributed by atoms with Crippen LogP contribution in [-0.2, 0) is 0 Å². The molecule has 4 nitrogen and oxygen atoms in total. The van der Waals surface area contributed by atoms with Crippen molar-refractivity contribution in [1.29, 1.82) is 0 Å². The van der Waals surface area contributed by atoms with E-state index in [1.165, 1.54) is 6.08 Å². The first kappa shape index (κ1) is 14.5. The lowest BCUT2D eigenvalue weighted by Gasteiger charge is -2.03. The fourth-order valence-corrected chi connectivity index (χ4v) is 2.21. The van der Waals surface area contributed by atoms with Crippen LogP contribution in [0.4, 0.5) is 5.69 Å². The normalized spacial score (nSPS) is 12.6. The van der Waals surface area contributed by atoms with E-state index < -0.39 is 0 Å². The van der Waals surface area contributed by atoms with Crippen LogP contribution in [0, 0.1) is 6.92 Å². The van der Waals surface area contributed by atoms with Gasteiger partial charge in [-0.1, -0.05) is 11.6 Å². The number of aryl methyl sites for hydroxylation is 1. The van der Waals surface area contributed by atoms with Crippen molar-refractivity contribution < 1.29 is 14.3 Å². The average molecular weight is 316 g/mol. The number of fused-ring (bicyclic) bond motifs is 1. The van der Waals surface area contributed by atoms with Gasteiger partial charge in [-0.3, -0.25) is 4.79 Å². The van der Waals surface area contributed by atoms with E-state index in [2.05, 4.69) is 5.32 Å². The minimum atomic E-state index is -0.114. The Morgan fingerprint density at radius 2 is 2.00 bits per heavy atom. The summed E-state index contributed by atoms with van der Waals surface area (Å²) in [4.78, 5) is 12.1. The summed E-state index contributed by atoms with van der Waals surface area (Å²) in [7, 11) is 0. The molecule has 112 valence electrons. The van der Waals surface area contributed by atoms with E-state index in [1.54, 1.807) is 24.4 Å². The van der Waals surface area contributed by atoms with Crippen LogP contribution in [0.15, 0.2) is 48.7 Å². The molecule has 0 radical (unpaired) electrons. The molecule has 0 fully saturated rings. The van der Waals surface area contributed by atoms with Crippen molar-refractivity contribution in [3.05, 3.63) is 64.8 Å². The van der Waals surface area contributed by atoms with Gasteiger partial charge >= 0.3 is 0 Å². The Morgan fingerprint density at radius 3 is 2.82 bits per heavy atom. The van der Waals surface area contributed by atoms with Gasteiger partial charge in [0.2, 0.25) is 6.79 Å². The molecule has 3 rings (SSSR count). The molecule has 0 spiro atoms. The summed E-state index contributed by atoms with van der Waals surface area (Å²) in [5, 5.41) is 3.76. The highest BCUT2D eigenvalue weighted by Crippen LogP contribution is 2.32. The molecule has 1 N–H and O–H groups in total. The highest BCUT2D eigenvalue weighted by Gasteiger charge is 2.14. The van der Waals surface area contributed by atoms with Crippen LogP contribution in [0.1, 0.15) is 15.9 Å². The molecule has 1 aliphatic rings. The van der Waals surface area contributed by atoms with Crippen molar-refractivity contribution in [2.45, 2.75) is 6.92 Å². The second kappa shape index (κ2) is 6.12. The number of hydrogen-bond donors (Lipinski definition) is 1. The fraction of sp³-hybridized carbons (Fsp3) is 0.118. The maximum atomic E-state index is 12.1. The van der Waals surface area contributed by atoms with E-state index in [4.69, 9.17) is 21.1 Å². The van der Waals surface area contributed by atoms with Gasteiger partial charge in [-0.2, -0.15) is 0 Å². The molecule has 0 saturated carbocycles. The molecule has 22 heavy (non-hydrogen) atoms. The lowest BCUT2D eigenvalue weighted by Crippen LogP contribution is -1.96. The molecule has 1 heterocycles. The van der Waals surface area contributed by atoms with Crippen LogP contribution in [0.5, 0.6) is 11.5 Å². The van der Waals surface area contributed by atoms with Gasteiger partial charge in [0.15, 0.2) is 17.3 Å². The van der Waals surface area contributed by atoms with Crippen molar-refractivity contribution in [1.82, 2.24) is 0 Å². The van der Waals surface area contributed by atoms with Gasteiger partial charge in [-0.15, -0.1) is 0 Å². The Morgan fingerprint density at radius 1 is 1.18 bits per heavy atom. The number of ether oxygens (including phenoxy) is 2. The lowest BCUT2D eigenvalue weighted by molar-refractivity contribution is 0.104. The maximum Gasteiger partial charge on any atom is 0.231 e. The Hall–Kier alpha value is -2.46. The van der Waals surface area contributed by atoms with Crippen LogP contribution in [0.25, 0.3) is 0 Å². The first-order chi connectivity index (χ1) is 10.6. The van der Waals surface area contributed by atoms with E-state index in [0.717, 1.165) is 11.3 Å². The van der Waals surface area contributed by atoms with Gasteiger partial charge < -0.3 is 14.8 Å². The summed E-state index contributed by atoms with van der Waals surface area (Å²) in [5.74, 6) is 1.15. The molecule has 0 aromatic heterocycles. The first-order valence-electron chi connectivity index (χ1n) is 6.77. The summed E-state index contributed by atoms with van der Waals surface area (Å²) in [6, 6.07) is 10.7. The SMILES string of the molecule is Cc1cc(N/C=C/C(=O)c2ccc3c(c2)OCO3)ccc1Cl. The van der Waals surface area contributed by atoms with Gasteiger partial charge in [0.1, 0.15) is 0 Å². The average Bonchev–Trinajstić information content (AvgIpc) is 2.98. The second-order valence-electron chi connectivity index (χ2n) is 4.87. The Labute approximate surface area is 133 Å². The van der Waals surface area contributed by atoms with E-state index in [1.807, 2.05) is 25.1 Å². The van der Waals surface area contributed by atoms with E-state index in [9.17, 15) is 4.79 Å². The van der Waals surface area contributed by atoms with Crippen molar-refractivity contribution in [3.8, 4) is 11.5 Å². The van der Waals surface area contributed by atoms with Crippen LogP contribution >= 0.6 is 11.6 Å². The van der Waals surface area contributed by atoms with Gasteiger partial charge in [0, 0.05) is 28.5 Å². The topological polar surface area (TPSA) is 47.6 Å². The van der Waals surface area contributed by atoms with E-state index >= 15 is 0 Å². The first-order valence-corrected chi connectivity index (χ1v) is 7.14. The molecule has 2 aromatic rings. The van der Waals surface area contributed by atoms with Crippen LogP contribution in [-0.4, -0.2) is 12.6 Å². The Balaban J connectivity index is 1.67. The standard InChI is InChI=1S/C17H14ClNO3/c1-11-8-13(3-4-14(11)18)19-7-6-15(20)12-2-5-16-17(9-12)22-10-21-16/h2-9,19H,10H2,1H3/b7-6+. The zero-order valence-corrected chi connectivity index (χ0v) is 12.7. The molecule has 0 bridgehead atoms. The van der Waals surface area contributed by atoms with Crippen LogP contribution < -0.4 is 14.8 Å². The Bertz CT molecular complexity index is 756. The van der Waals surface area contributed by atoms with Crippen LogP contribution in [0.3, 0.4) is 0 Å². The molecule has 5 heteroatoms. The maximum absolute atomic E-state index is 12.1. The molecular formula is C17H14ClNO3. The van der Waals surface area contributed by atoms with E-state index in [-0.39, 0.29) is 12.6 Å². The van der Waals surface area contributed by atoms with Crippen molar-refractivity contribution in [3.63, 3.8) is 0 Å². The number of halogens is 1. The number of allylic oxidation sites excluding steroid dienone is 1. The molecule has 0 amide bonds. The number of hydrogen-bond acceptors (Lipinski definition) is 4. The van der Waals surface area contributed by atoms with Crippen molar-refractivity contribution in [2.24, 2.45) is 0 Å². The fourth-order valence-electron chi connectivity index (χ4n) is 2.09. The zero-order chi connectivity index (χ0) is 15.5. The second-order valence-corrected chi connectivity index (χ2v) is 5.28. The predicted octanol–water partition coefficient (Wildman–Crippen LogP) is 4.19. The lowest BCUT2D eigenvalue weighted by atomic mass is 10.1. The largest absolute Gasteiger partial charge is 0.454 e. The number of carbonyl (C=O) groups excluding carboxylic acids is 1. The summed E-state index contributed by atoms with van der Waals surface area (Å²) >= 11 is 5.97. The van der Waals surface area contributed by atoms with Gasteiger partial charge in [-0.25, -0.2) is 0 Å². The predicted molar refractivity (Wildman–Crippen MR) is 85.8 cm³/mol. The monoisotopic (exact) mass is 315 g/mol. The molecule has 0 saturated heterocycles. The minimum absolute atomic E-state index is 0.114. The molecule has 0 unspecified atom stereocenters. The zero-order valence-electron chi connectivity index (χ0n) is 11.9. The number of nitrogens with one attached hydrogen (secondary N) is 1. The van der Waals surface area contributed by atoms with E-state index in [0.29, 0.717) is 22.1 Å². The third-order valence-corrected chi connectivity index (χ3v) is 3.72. The smallest absolute Gasteiger partial charge is 0.231 e. The Kier molecular flexibility index (Phi) is 4.02. The summed E-state index contributed by atoms with van der Waals surface area (Å²) in [6.45, 7) is 2.12. The van der Waals surface area contributed by atoms with Crippen molar-refractivity contribution >= 4 is 23.1 Å². The molecule has 2 aromatic carbocycles. The number of anilines is 1. The summed E-state index contributed by atoms with van der Waals surface area (Å²) in [6.07, 6.45) is 3.08.